The van der Waals surface area contributed by atoms with Gasteiger partial charge in [-0.3, -0.25) is 0 Å². The maximum absolute atomic E-state index is 10.3. The summed E-state index contributed by atoms with van der Waals surface area (Å²) in [6.07, 6.45) is 0. The van der Waals surface area contributed by atoms with Crippen LogP contribution in [0.4, 0.5) is 0 Å². The number of hydrogen-bond acceptors (Lipinski definition) is 2. The molecular weight excluding hydrogens is 585 g/mol. The van der Waals surface area contributed by atoms with Gasteiger partial charge in [0.25, 0.3) is 0 Å². The summed E-state index contributed by atoms with van der Waals surface area (Å²) in [4.78, 5) is 0. The zero-order valence-electron chi connectivity index (χ0n) is 25.8. The molecule has 0 spiro atoms. The Kier molecular flexibility index (Phi) is 6.22. The monoisotopic (exact) mass is 610 g/mol. The van der Waals surface area contributed by atoms with Crippen molar-refractivity contribution in [3.63, 3.8) is 0 Å². The average molecular weight is 611 g/mol. The number of nitrogens with zero attached hydrogens (tertiary/aromatic N) is 4. The maximum atomic E-state index is 10.3. The fraction of sp³-hybridized carbons (Fsp3) is 0. The van der Waals surface area contributed by atoms with E-state index in [1.807, 2.05) is 36.4 Å². The Morgan fingerprint density at radius 2 is 0.792 bits per heavy atom. The highest BCUT2D eigenvalue weighted by molar-refractivity contribution is 6.10. The van der Waals surface area contributed by atoms with E-state index in [0.717, 1.165) is 55.7 Å². The van der Waals surface area contributed by atoms with Crippen molar-refractivity contribution in [3.05, 3.63) is 169 Å². The van der Waals surface area contributed by atoms with Crippen LogP contribution in [0.15, 0.2) is 158 Å². The number of rotatable bonds is 4. The standard InChI is InChI=1S/C44H26N4/c45-27-29-21-31(24-34(22-29)47-41-17-7-3-13-37(41)38-14-4-8-18-42(38)47)32-23-33(36-12-2-1-11-30(36)28-46)26-35(25-32)48-43-19-9-5-15-39(43)40-16-6-10-20-44(40)48/h1-26H. The van der Waals surface area contributed by atoms with Crippen molar-refractivity contribution in [1.29, 1.82) is 10.5 Å². The molecule has 0 saturated heterocycles. The van der Waals surface area contributed by atoms with Crippen LogP contribution in [0.5, 0.6) is 0 Å². The van der Waals surface area contributed by atoms with Gasteiger partial charge >= 0.3 is 0 Å². The molecule has 0 bridgehead atoms. The van der Waals surface area contributed by atoms with E-state index >= 15 is 0 Å². The normalized spacial score (nSPS) is 11.3. The minimum atomic E-state index is 0.575. The van der Waals surface area contributed by atoms with Gasteiger partial charge in [0.1, 0.15) is 0 Å². The van der Waals surface area contributed by atoms with Gasteiger partial charge in [-0.2, -0.15) is 10.5 Å². The zero-order valence-corrected chi connectivity index (χ0v) is 25.8. The van der Waals surface area contributed by atoms with Crippen LogP contribution in [0.1, 0.15) is 11.1 Å². The van der Waals surface area contributed by atoms with Crippen molar-refractivity contribution >= 4 is 43.6 Å². The van der Waals surface area contributed by atoms with E-state index in [-0.39, 0.29) is 0 Å². The summed E-state index contributed by atoms with van der Waals surface area (Å²) < 4.78 is 4.55. The molecule has 48 heavy (non-hydrogen) atoms. The molecule has 0 amide bonds. The number of para-hydroxylation sites is 4. The van der Waals surface area contributed by atoms with Crippen LogP contribution in [0.3, 0.4) is 0 Å². The van der Waals surface area contributed by atoms with E-state index in [1.165, 1.54) is 21.5 Å². The Bertz CT molecular complexity index is 2710. The topological polar surface area (TPSA) is 57.4 Å². The van der Waals surface area contributed by atoms with E-state index in [0.29, 0.717) is 11.1 Å². The van der Waals surface area contributed by atoms with Gasteiger partial charge in [-0.25, -0.2) is 0 Å². The van der Waals surface area contributed by atoms with Crippen LogP contribution >= 0.6 is 0 Å². The highest BCUT2D eigenvalue weighted by atomic mass is 15.0. The van der Waals surface area contributed by atoms with Crippen molar-refractivity contribution < 1.29 is 0 Å². The number of aromatic nitrogens is 2. The summed E-state index contributed by atoms with van der Waals surface area (Å²) in [6.45, 7) is 0. The molecule has 9 rings (SSSR count). The Hall–Kier alpha value is -6.88. The van der Waals surface area contributed by atoms with E-state index in [1.54, 1.807) is 0 Å². The molecule has 0 aliphatic rings. The van der Waals surface area contributed by atoms with Crippen LogP contribution < -0.4 is 0 Å². The Labute approximate surface area is 277 Å². The molecule has 222 valence electrons. The van der Waals surface area contributed by atoms with Gasteiger partial charge in [-0.15, -0.1) is 0 Å². The van der Waals surface area contributed by atoms with Crippen molar-refractivity contribution in [2.24, 2.45) is 0 Å². The third kappa shape index (κ3) is 4.22. The second kappa shape index (κ2) is 10.9. The molecule has 9 aromatic rings. The van der Waals surface area contributed by atoms with Gasteiger partial charge in [-0.1, -0.05) is 91.0 Å². The van der Waals surface area contributed by atoms with Crippen molar-refractivity contribution in [2.75, 3.05) is 0 Å². The van der Waals surface area contributed by atoms with Gasteiger partial charge in [-0.05, 0) is 89.0 Å². The quantitative estimate of drug-likeness (QED) is 0.199. The lowest BCUT2D eigenvalue weighted by Gasteiger charge is -2.16. The molecule has 0 saturated carbocycles. The highest BCUT2D eigenvalue weighted by Crippen LogP contribution is 2.38. The molecule has 0 aliphatic carbocycles. The second-order valence-corrected chi connectivity index (χ2v) is 12.0. The SMILES string of the molecule is N#Cc1cc(-c2cc(-c3ccccc3C#N)cc(-n3c4ccccc4c4ccccc43)c2)cc(-n2c3ccccc3c3ccccc32)c1. The highest BCUT2D eigenvalue weighted by Gasteiger charge is 2.17. The van der Waals surface area contributed by atoms with Gasteiger partial charge < -0.3 is 9.13 Å². The third-order valence-electron chi connectivity index (χ3n) is 9.33. The van der Waals surface area contributed by atoms with Crippen LogP contribution in [0, 0.1) is 22.7 Å². The van der Waals surface area contributed by atoms with Gasteiger partial charge in [0, 0.05) is 32.9 Å². The zero-order chi connectivity index (χ0) is 32.2. The molecule has 7 aromatic carbocycles. The summed E-state index contributed by atoms with van der Waals surface area (Å²) in [6, 6.07) is 58.9. The molecule has 0 radical (unpaired) electrons. The van der Waals surface area contributed by atoms with Crippen LogP contribution in [0.25, 0.3) is 77.2 Å². The number of nitriles is 2. The summed E-state index contributed by atoms with van der Waals surface area (Å²) >= 11 is 0. The average Bonchev–Trinajstić information content (AvgIpc) is 3.67. The predicted molar refractivity (Wildman–Crippen MR) is 195 cm³/mol. The first-order valence-corrected chi connectivity index (χ1v) is 15.9. The summed E-state index contributed by atoms with van der Waals surface area (Å²) in [5, 5.41) is 25.1. The lowest BCUT2D eigenvalue weighted by Crippen LogP contribution is -1.98. The van der Waals surface area contributed by atoms with Crippen molar-refractivity contribution in [2.45, 2.75) is 0 Å². The van der Waals surface area contributed by atoms with E-state index < -0.39 is 0 Å². The molecule has 4 heteroatoms. The molecule has 0 atom stereocenters. The molecule has 4 nitrogen and oxygen atoms in total. The second-order valence-electron chi connectivity index (χ2n) is 12.0. The molecule has 2 heterocycles. The van der Waals surface area contributed by atoms with E-state index in [4.69, 9.17) is 0 Å². The van der Waals surface area contributed by atoms with Crippen molar-refractivity contribution in [3.8, 4) is 45.8 Å². The fourth-order valence-corrected chi connectivity index (χ4v) is 7.27. The summed E-state index contributed by atoms with van der Waals surface area (Å²) in [7, 11) is 0. The molecule has 0 N–H and O–H groups in total. The first kappa shape index (κ1) is 27.4. The minimum absolute atomic E-state index is 0.575. The Balaban J connectivity index is 1.35. The van der Waals surface area contributed by atoms with Crippen LogP contribution in [0.2, 0.25) is 0 Å². The first-order chi connectivity index (χ1) is 23.7. The first-order valence-electron chi connectivity index (χ1n) is 15.9. The molecule has 2 aromatic heterocycles. The largest absolute Gasteiger partial charge is 0.309 e. The van der Waals surface area contributed by atoms with Crippen LogP contribution in [-0.2, 0) is 0 Å². The summed E-state index contributed by atoms with van der Waals surface area (Å²) in [5.41, 5.74) is 11.1. The molecular formula is C44H26N4. The van der Waals surface area contributed by atoms with E-state index in [9.17, 15) is 10.5 Å². The van der Waals surface area contributed by atoms with Crippen molar-refractivity contribution in [1.82, 2.24) is 9.13 Å². The van der Waals surface area contributed by atoms with E-state index in [2.05, 4.69) is 143 Å². The minimum Gasteiger partial charge on any atom is -0.309 e. The van der Waals surface area contributed by atoms with Crippen LogP contribution in [-0.4, -0.2) is 9.13 Å². The third-order valence-corrected chi connectivity index (χ3v) is 9.33. The number of fused-ring (bicyclic) bond motifs is 6. The van der Waals surface area contributed by atoms with Gasteiger partial charge in [0.2, 0.25) is 0 Å². The lowest BCUT2D eigenvalue weighted by molar-refractivity contribution is 1.17. The Morgan fingerprint density at radius 3 is 1.29 bits per heavy atom. The fourth-order valence-electron chi connectivity index (χ4n) is 7.27. The molecule has 0 fully saturated rings. The van der Waals surface area contributed by atoms with Gasteiger partial charge in [0.05, 0.1) is 45.3 Å². The molecule has 0 aliphatic heterocycles. The maximum Gasteiger partial charge on any atom is 0.0998 e. The lowest BCUT2D eigenvalue weighted by atomic mass is 9.94. The number of benzene rings is 7. The summed E-state index contributed by atoms with van der Waals surface area (Å²) in [5.74, 6) is 0. The predicted octanol–water partition coefficient (Wildman–Crippen LogP) is 11.0. The smallest absolute Gasteiger partial charge is 0.0998 e. The molecule has 0 unspecified atom stereocenters. The van der Waals surface area contributed by atoms with Gasteiger partial charge in [0.15, 0.2) is 0 Å². The Morgan fingerprint density at radius 1 is 0.375 bits per heavy atom. The number of hydrogen-bond donors (Lipinski definition) is 0.